The maximum Gasteiger partial charge on any atom is 0.273 e. The molecule has 0 bridgehead atoms. The van der Waals surface area contributed by atoms with Crippen LogP contribution in [0.3, 0.4) is 0 Å². The van der Waals surface area contributed by atoms with Crippen LogP contribution in [0.4, 0.5) is 5.95 Å². The fraction of sp³-hybridized carbons (Fsp3) is 0.125. The van der Waals surface area contributed by atoms with Gasteiger partial charge in [-0.25, -0.2) is 18.1 Å². The number of hydrogen-bond acceptors (Lipinski definition) is 7. The van der Waals surface area contributed by atoms with Crippen LogP contribution in [0.5, 0.6) is 0 Å². The summed E-state index contributed by atoms with van der Waals surface area (Å²) in [5, 5.41) is 17.5. The van der Waals surface area contributed by atoms with Crippen LogP contribution in [-0.2, 0) is 16.6 Å². The molecule has 2 aromatic rings. The lowest BCUT2D eigenvalue weighted by atomic mass is 10.4. The van der Waals surface area contributed by atoms with Gasteiger partial charge in [0.15, 0.2) is 0 Å². The summed E-state index contributed by atoms with van der Waals surface area (Å²) in [4.78, 5) is 3.71. The fourth-order valence-corrected chi connectivity index (χ4v) is 3.19. The van der Waals surface area contributed by atoms with Gasteiger partial charge in [-0.3, -0.25) is 0 Å². The van der Waals surface area contributed by atoms with Gasteiger partial charge in [-0.1, -0.05) is 0 Å². The smallest absolute Gasteiger partial charge is 0.273 e. The van der Waals surface area contributed by atoms with Crippen molar-refractivity contribution < 1.29 is 13.5 Å². The van der Waals surface area contributed by atoms with Crippen LogP contribution in [0.2, 0.25) is 0 Å². The lowest BCUT2D eigenvalue weighted by Gasteiger charge is -2.02. The molecule has 0 saturated carbocycles. The van der Waals surface area contributed by atoms with Crippen LogP contribution in [0.15, 0.2) is 28.0 Å². The first kappa shape index (κ1) is 11.9. The van der Waals surface area contributed by atoms with E-state index in [0.717, 1.165) is 11.3 Å². The summed E-state index contributed by atoms with van der Waals surface area (Å²) in [6.45, 7) is -0.199. The average Bonchev–Trinajstić information content (AvgIpc) is 2.79. The third-order valence-corrected chi connectivity index (χ3v) is 4.60. The Hall–Kier alpha value is -1.58. The molecule has 0 saturated heterocycles. The molecule has 0 aliphatic rings. The number of aliphatic hydroxyl groups excluding tert-OH is 1. The predicted molar refractivity (Wildman–Crippen MR) is 60.9 cm³/mol. The second-order valence-electron chi connectivity index (χ2n) is 3.00. The van der Waals surface area contributed by atoms with Crippen LogP contribution in [0, 0.1) is 0 Å². The number of aromatic nitrogens is 3. The Kier molecular flexibility index (Phi) is 3.31. The first-order valence-electron chi connectivity index (χ1n) is 4.46. The highest BCUT2D eigenvalue weighted by molar-refractivity contribution is 7.94. The number of rotatable bonds is 4. The van der Waals surface area contributed by atoms with Crippen LogP contribution >= 0.6 is 11.3 Å². The zero-order chi connectivity index (χ0) is 12.3. The molecule has 0 unspecified atom stereocenters. The van der Waals surface area contributed by atoms with Gasteiger partial charge in [0.2, 0.25) is 0 Å². The number of aliphatic hydroxyl groups is 1. The van der Waals surface area contributed by atoms with E-state index in [1.807, 2.05) is 0 Å². The first-order valence-corrected chi connectivity index (χ1v) is 6.83. The zero-order valence-electron chi connectivity index (χ0n) is 8.44. The minimum atomic E-state index is -3.71. The Morgan fingerprint density at radius 3 is 2.82 bits per heavy atom. The van der Waals surface area contributed by atoms with Gasteiger partial charge in [0.05, 0.1) is 19.0 Å². The van der Waals surface area contributed by atoms with Crippen molar-refractivity contribution in [3.63, 3.8) is 0 Å². The summed E-state index contributed by atoms with van der Waals surface area (Å²) in [6.07, 6.45) is 2.67. The van der Waals surface area contributed by atoms with E-state index in [2.05, 4.69) is 19.9 Å². The molecule has 0 aliphatic carbocycles. The van der Waals surface area contributed by atoms with Crippen LogP contribution in [-0.4, -0.2) is 28.7 Å². The van der Waals surface area contributed by atoms with Crippen molar-refractivity contribution in [2.45, 2.75) is 10.8 Å². The third-order valence-electron chi connectivity index (χ3n) is 1.79. The van der Waals surface area contributed by atoms with E-state index in [-0.39, 0.29) is 16.8 Å². The molecule has 90 valence electrons. The van der Waals surface area contributed by atoms with Gasteiger partial charge in [0.25, 0.3) is 16.0 Å². The molecule has 2 N–H and O–H groups in total. The van der Waals surface area contributed by atoms with Crippen molar-refractivity contribution in [1.29, 1.82) is 0 Å². The largest absolute Gasteiger partial charge is 0.392 e. The molecule has 2 rings (SSSR count). The van der Waals surface area contributed by atoms with Crippen LogP contribution < -0.4 is 4.72 Å². The number of nitrogens with zero attached hydrogens (tertiary/aromatic N) is 3. The molecule has 2 aromatic heterocycles. The molecule has 0 aromatic carbocycles. The second-order valence-corrected chi connectivity index (χ2v) is 5.82. The molecule has 9 heteroatoms. The van der Waals surface area contributed by atoms with Crippen molar-refractivity contribution in [3.8, 4) is 0 Å². The monoisotopic (exact) mass is 272 g/mol. The van der Waals surface area contributed by atoms with E-state index in [1.165, 1.54) is 18.5 Å². The Morgan fingerprint density at radius 1 is 1.41 bits per heavy atom. The summed E-state index contributed by atoms with van der Waals surface area (Å²) < 4.78 is 26.0. The second kappa shape index (κ2) is 4.73. The zero-order valence-corrected chi connectivity index (χ0v) is 10.1. The summed E-state index contributed by atoms with van der Waals surface area (Å²) in [5.41, 5.74) is 0.544. The van der Waals surface area contributed by atoms with Crippen molar-refractivity contribution in [1.82, 2.24) is 15.2 Å². The Labute approximate surface area is 101 Å². The SMILES string of the molecule is O=S(=O)(Nc1nccnn1)c1cc(CO)cs1. The average molecular weight is 272 g/mol. The summed E-state index contributed by atoms with van der Waals surface area (Å²) in [6, 6.07) is 1.39. The number of thiophene rings is 1. The van der Waals surface area contributed by atoms with Gasteiger partial charge in [0, 0.05) is 0 Å². The maximum atomic E-state index is 11.8. The highest BCUT2D eigenvalue weighted by Crippen LogP contribution is 2.21. The molecular weight excluding hydrogens is 264 g/mol. The van der Waals surface area contributed by atoms with Gasteiger partial charge in [-0.2, -0.15) is 5.10 Å². The third kappa shape index (κ3) is 2.75. The molecule has 0 atom stereocenters. The standard InChI is InChI=1S/C8H8N4O3S2/c13-4-6-3-7(16-5-6)17(14,15)12-8-9-1-2-10-11-8/h1-3,5,13H,4H2,(H,9,11,12). The van der Waals surface area contributed by atoms with Crippen molar-refractivity contribution in [2.75, 3.05) is 4.72 Å². The highest BCUT2D eigenvalue weighted by Gasteiger charge is 2.18. The van der Waals surface area contributed by atoms with E-state index in [0.29, 0.717) is 5.56 Å². The van der Waals surface area contributed by atoms with Crippen molar-refractivity contribution in [3.05, 3.63) is 29.4 Å². The Morgan fingerprint density at radius 2 is 2.24 bits per heavy atom. The number of hydrogen-bond donors (Lipinski definition) is 2. The molecule has 0 amide bonds. The van der Waals surface area contributed by atoms with Crippen LogP contribution in [0.1, 0.15) is 5.56 Å². The summed E-state index contributed by atoms with van der Waals surface area (Å²) >= 11 is 1.01. The minimum absolute atomic E-state index is 0.0913. The predicted octanol–water partition coefficient (Wildman–Crippen LogP) is 0.226. The van der Waals surface area contributed by atoms with Gasteiger partial charge < -0.3 is 5.11 Å². The summed E-state index contributed by atoms with van der Waals surface area (Å²) in [5.74, 6) is -0.0913. The lowest BCUT2D eigenvalue weighted by molar-refractivity contribution is 0.282. The normalized spacial score (nSPS) is 11.4. The molecule has 17 heavy (non-hydrogen) atoms. The Bertz CT molecular complexity index is 596. The van der Waals surface area contributed by atoms with E-state index < -0.39 is 10.0 Å². The first-order chi connectivity index (χ1) is 8.12. The molecule has 0 fully saturated rings. The molecule has 2 heterocycles. The van der Waals surface area contributed by atoms with Gasteiger partial charge in [-0.05, 0) is 17.0 Å². The van der Waals surface area contributed by atoms with E-state index in [9.17, 15) is 8.42 Å². The van der Waals surface area contributed by atoms with Crippen LogP contribution in [0.25, 0.3) is 0 Å². The number of nitrogens with one attached hydrogen (secondary N) is 1. The summed E-state index contributed by atoms with van der Waals surface area (Å²) in [7, 11) is -3.71. The molecular formula is C8H8N4O3S2. The topological polar surface area (TPSA) is 105 Å². The molecule has 0 spiro atoms. The number of anilines is 1. The minimum Gasteiger partial charge on any atom is -0.392 e. The maximum absolute atomic E-state index is 11.8. The molecule has 7 nitrogen and oxygen atoms in total. The van der Waals surface area contributed by atoms with E-state index in [1.54, 1.807) is 5.38 Å². The molecule has 0 aliphatic heterocycles. The van der Waals surface area contributed by atoms with Gasteiger partial charge in [0.1, 0.15) is 4.21 Å². The quantitative estimate of drug-likeness (QED) is 0.825. The molecule has 0 radical (unpaired) electrons. The fourth-order valence-electron chi connectivity index (χ4n) is 1.04. The van der Waals surface area contributed by atoms with Crippen molar-refractivity contribution in [2.24, 2.45) is 0 Å². The van der Waals surface area contributed by atoms with Crippen molar-refractivity contribution >= 4 is 27.3 Å². The van der Waals surface area contributed by atoms with Gasteiger partial charge >= 0.3 is 0 Å². The number of sulfonamides is 1. The lowest BCUT2D eigenvalue weighted by Crippen LogP contribution is -2.14. The van der Waals surface area contributed by atoms with E-state index >= 15 is 0 Å². The Balaban J connectivity index is 2.25. The van der Waals surface area contributed by atoms with Gasteiger partial charge in [-0.15, -0.1) is 16.4 Å². The highest BCUT2D eigenvalue weighted by atomic mass is 32.2. The van der Waals surface area contributed by atoms with E-state index in [4.69, 9.17) is 5.11 Å².